The number of hydrogen-bond acceptors (Lipinski definition) is 5. The maximum absolute atomic E-state index is 12.8. The molecule has 0 fully saturated rings. The summed E-state index contributed by atoms with van der Waals surface area (Å²) in [6, 6.07) is 5.80. The first kappa shape index (κ1) is 18.6. The van der Waals surface area contributed by atoms with E-state index in [0.717, 1.165) is 16.2 Å². The minimum atomic E-state index is -3.72. The van der Waals surface area contributed by atoms with Gasteiger partial charge in [0, 0.05) is 17.3 Å². The number of nitrogens with two attached hydrogens (primary N) is 1. The minimum Gasteiger partial charge on any atom is -0.399 e. The van der Waals surface area contributed by atoms with Gasteiger partial charge in [0.05, 0.1) is 10.9 Å². The lowest BCUT2D eigenvalue weighted by Crippen LogP contribution is -2.29. The van der Waals surface area contributed by atoms with Gasteiger partial charge in [-0.3, -0.25) is 0 Å². The second kappa shape index (κ2) is 7.57. The molecule has 2 unspecified atom stereocenters. The van der Waals surface area contributed by atoms with E-state index in [4.69, 9.17) is 5.73 Å². The number of anilines is 1. The molecule has 1 aliphatic rings. The van der Waals surface area contributed by atoms with Gasteiger partial charge in [-0.05, 0) is 41.7 Å². The zero-order chi connectivity index (χ0) is 18.7. The van der Waals surface area contributed by atoms with Crippen molar-refractivity contribution in [1.29, 1.82) is 0 Å². The first-order chi connectivity index (χ1) is 12.3. The molecule has 0 bridgehead atoms. The molecule has 7 heteroatoms. The molecular formula is C19H21N3O2S2. The predicted octanol–water partition coefficient (Wildman–Crippen LogP) is 3.82. The maximum atomic E-state index is 12.8. The third kappa shape index (κ3) is 4.30. The Balaban J connectivity index is 1.87. The van der Waals surface area contributed by atoms with Gasteiger partial charge in [0.15, 0.2) is 0 Å². The standard InChI is InChI=1S/C19H21N3O2S2/c1-13-6-7-15(10-14(13)2)11-18(19-21-8-9-25-19)22-26(23,24)17-5-3-4-16(20)12-17/h3-10,12-13,18,22H,2,11,20H2,1H3. The Kier molecular flexibility index (Phi) is 5.41. The molecule has 0 saturated heterocycles. The number of sulfonamides is 1. The molecule has 5 nitrogen and oxygen atoms in total. The van der Waals surface area contributed by atoms with E-state index in [1.165, 1.54) is 23.5 Å². The van der Waals surface area contributed by atoms with Crippen LogP contribution in [0.3, 0.4) is 0 Å². The number of nitrogens with one attached hydrogen (secondary N) is 1. The lowest BCUT2D eigenvalue weighted by Gasteiger charge is -2.20. The molecule has 0 saturated carbocycles. The number of nitrogens with zero attached hydrogens (tertiary/aromatic N) is 1. The van der Waals surface area contributed by atoms with Crippen LogP contribution in [0, 0.1) is 5.92 Å². The molecule has 136 valence electrons. The van der Waals surface area contributed by atoms with Gasteiger partial charge >= 0.3 is 0 Å². The largest absolute Gasteiger partial charge is 0.399 e. The maximum Gasteiger partial charge on any atom is 0.241 e. The first-order valence-corrected chi connectivity index (χ1v) is 10.6. The summed E-state index contributed by atoms with van der Waals surface area (Å²) < 4.78 is 28.4. The van der Waals surface area contributed by atoms with Gasteiger partial charge in [-0.1, -0.05) is 37.8 Å². The van der Waals surface area contributed by atoms with Crippen LogP contribution >= 0.6 is 11.3 Å². The summed E-state index contributed by atoms with van der Waals surface area (Å²) in [4.78, 5) is 4.45. The van der Waals surface area contributed by atoms with E-state index < -0.39 is 16.1 Å². The summed E-state index contributed by atoms with van der Waals surface area (Å²) in [7, 11) is -3.72. The Bertz CT molecular complexity index is 960. The molecule has 1 aromatic heterocycles. The highest BCUT2D eigenvalue weighted by Gasteiger charge is 2.24. The fraction of sp³-hybridized carbons (Fsp3) is 0.211. The van der Waals surface area contributed by atoms with Gasteiger partial charge in [-0.15, -0.1) is 11.3 Å². The Morgan fingerprint density at radius 3 is 2.88 bits per heavy atom. The van der Waals surface area contributed by atoms with E-state index in [1.54, 1.807) is 18.3 Å². The second-order valence-corrected chi connectivity index (χ2v) is 8.90. The van der Waals surface area contributed by atoms with Crippen molar-refractivity contribution in [1.82, 2.24) is 9.71 Å². The molecule has 0 amide bonds. The van der Waals surface area contributed by atoms with Gasteiger partial charge in [-0.2, -0.15) is 0 Å². The van der Waals surface area contributed by atoms with Crippen molar-refractivity contribution >= 4 is 27.0 Å². The van der Waals surface area contributed by atoms with Crippen molar-refractivity contribution in [2.75, 3.05) is 5.73 Å². The van der Waals surface area contributed by atoms with Gasteiger partial charge in [0.1, 0.15) is 5.01 Å². The molecule has 3 N–H and O–H groups in total. The average molecular weight is 388 g/mol. The molecule has 2 aromatic rings. The van der Waals surface area contributed by atoms with Gasteiger partial charge < -0.3 is 5.73 Å². The fourth-order valence-corrected chi connectivity index (χ4v) is 4.71. The quantitative estimate of drug-likeness (QED) is 0.738. The second-order valence-electron chi connectivity index (χ2n) is 6.26. The number of thiazole rings is 1. The monoisotopic (exact) mass is 387 g/mol. The van der Waals surface area contributed by atoms with E-state index in [0.29, 0.717) is 18.0 Å². The van der Waals surface area contributed by atoms with Crippen LogP contribution in [-0.4, -0.2) is 13.4 Å². The lowest BCUT2D eigenvalue weighted by atomic mass is 9.91. The van der Waals surface area contributed by atoms with E-state index in [2.05, 4.69) is 29.3 Å². The Morgan fingerprint density at radius 1 is 1.42 bits per heavy atom. The highest BCUT2D eigenvalue weighted by molar-refractivity contribution is 7.89. The zero-order valence-electron chi connectivity index (χ0n) is 14.4. The minimum absolute atomic E-state index is 0.144. The Morgan fingerprint density at radius 2 is 2.23 bits per heavy atom. The molecular weight excluding hydrogens is 366 g/mol. The molecule has 26 heavy (non-hydrogen) atoms. The highest BCUT2D eigenvalue weighted by atomic mass is 32.2. The van der Waals surface area contributed by atoms with Crippen LogP contribution < -0.4 is 10.5 Å². The van der Waals surface area contributed by atoms with Gasteiger partial charge in [0.2, 0.25) is 10.0 Å². The van der Waals surface area contributed by atoms with Crippen LogP contribution in [0.2, 0.25) is 0 Å². The molecule has 2 atom stereocenters. The van der Waals surface area contributed by atoms with E-state index >= 15 is 0 Å². The van der Waals surface area contributed by atoms with Crippen LogP contribution in [0.4, 0.5) is 5.69 Å². The number of rotatable bonds is 6. The number of allylic oxidation sites excluding steroid dienone is 4. The lowest BCUT2D eigenvalue weighted by molar-refractivity contribution is 0.554. The van der Waals surface area contributed by atoms with Crippen LogP contribution in [0.25, 0.3) is 0 Å². The first-order valence-electron chi connectivity index (χ1n) is 8.20. The summed E-state index contributed by atoms with van der Waals surface area (Å²) in [6.07, 6.45) is 8.28. The van der Waals surface area contributed by atoms with Crippen LogP contribution in [-0.2, 0) is 10.0 Å². The number of hydrogen-bond donors (Lipinski definition) is 2. The number of benzene rings is 1. The normalized spacial score (nSPS) is 18.6. The molecule has 0 spiro atoms. The summed E-state index contributed by atoms with van der Waals surface area (Å²) in [6.45, 7) is 6.13. The van der Waals surface area contributed by atoms with Gasteiger partial charge in [-0.25, -0.2) is 18.1 Å². The molecule has 1 heterocycles. The summed E-state index contributed by atoms with van der Waals surface area (Å²) in [5.41, 5.74) is 8.16. The van der Waals surface area contributed by atoms with Crippen molar-refractivity contribution < 1.29 is 8.42 Å². The van der Waals surface area contributed by atoms with Crippen molar-refractivity contribution in [2.45, 2.75) is 24.3 Å². The van der Waals surface area contributed by atoms with E-state index in [9.17, 15) is 8.42 Å². The fourth-order valence-electron chi connectivity index (χ4n) is 2.69. The number of aromatic nitrogens is 1. The third-order valence-corrected chi connectivity index (χ3v) is 6.57. The highest BCUT2D eigenvalue weighted by Crippen LogP contribution is 2.30. The average Bonchev–Trinajstić information content (AvgIpc) is 3.12. The van der Waals surface area contributed by atoms with E-state index in [-0.39, 0.29) is 4.90 Å². The molecule has 1 aliphatic carbocycles. The van der Waals surface area contributed by atoms with Crippen molar-refractivity contribution in [3.63, 3.8) is 0 Å². The molecule has 1 aromatic carbocycles. The van der Waals surface area contributed by atoms with Crippen molar-refractivity contribution in [3.05, 3.63) is 76.8 Å². The third-order valence-electron chi connectivity index (χ3n) is 4.21. The van der Waals surface area contributed by atoms with Crippen LogP contribution in [0.5, 0.6) is 0 Å². The Labute approximate surface area is 158 Å². The molecule has 0 aliphatic heterocycles. The predicted molar refractivity (Wildman–Crippen MR) is 106 cm³/mol. The van der Waals surface area contributed by atoms with Crippen molar-refractivity contribution in [2.24, 2.45) is 5.92 Å². The summed E-state index contributed by atoms with van der Waals surface area (Å²) in [5.74, 6) is 0.293. The topological polar surface area (TPSA) is 85.1 Å². The molecule has 3 rings (SSSR count). The van der Waals surface area contributed by atoms with E-state index in [1.807, 2.05) is 17.5 Å². The number of nitrogen functional groups attached to an aromatic ring is 1. The molecule has 0 radical (unpaired) electrons. The van der Waals surface area contributed by atoms with Crippen molar-refractivity contribution in [3.8, 4) is 0 Å². The van der Waals surface area contributed by atoms with Gasteiger partial charge in [0.25, 0.3) is 0 Å². The zero-order valence-corrected chi connectivity index (χ0v) is 16.1. The SMILES string of the molecule is C=C1C=C(CC(NS(=O)(=O)c2cccc(N)c2)c2nccs2)C=CC1C. The van der Waals surface area contributed by atoms with Crippen LogP contribution in [0.1, 0.15) is 24.4 Å². The Hall–Kier alpha value is -2.22. The summed E-state index contributed by atoms with van der Waals surface area (Å²) in [5, 5.41) is 2.56. The summed E-state index contributed by atoms with van der Waals surface area (Å²) >= 11 is 1.42. The smallest absolute Gasteiger partial charge is 0.241 e. The van der Waals surface area contributed by atoms with Crippen LogP contribution in [0.15, 0.2) is 76.7 Å².